The number of nitrogens with zero attached hydrogens (tertiary/aromatic N) is 1. The number of halogens is 1. The van der Waals surface area contributed by atoms with Gasteiger partial charge in [0.2, 0.25) is 0 Å². The molecule has 2 atom stereocenters. The van der Waals surface area contributed by atoms with Crippen molar-refractivity contribution in [3.8, 4) is 0 Å². The van der Waals surface area contributed by atoms with Crippen LogP contribution < -0.4 is 0 Å². The van der Waals surface area contributed by atoms with E-state index >= 15 is 0 Å². The lowest BCUT2D eigenvalue weighted by Gasteiger charge is -2.29. The minimum absolute atomic E-state index is 0.277. The molecular weight excluding hydrogens is 186 g/mol. The Balaban J connectivity index is 2.57. The summed E-state index contributed by atoms with van der Waals surface area (Å²) in [6.07, 6.45) is 4.58. The van der Waals surface area contributed by atoms with Crippen molar-refractivity contribution in [2.75, 3.05) is 6.54 Å². The minimum atomic E-state index is -0.277. The Morgan fingerprint density at radius 2 is 2.23 bits per heavy atom. The van der Waals surface area contributed by atoms with Crippen molar-refractivity contribution >= 4 is 17.0 Å². The number of hydrogen-bond donors (Lipinski definition) is 0. The zero-order valence-electron chi connectivity index (χ0n) is 8.42. The van der Waals surface area contributed by atoms with Gasteiger partial charge in [0.25, 0.3) is 0 Å². The Morgan fingerprint density at radius 3 is 2.62 bits per heavy atom. The highest BCUT2D eigenvalue weighted by Crippen LogP contribution is 2.30. The SMILES string of the molecule is CCCN(C(=O)Cl)C1CCCC1C. The summed E-state index contributed by atoms with van der Waals surface area (Å²) in [7, 11) is 0. The summed E-state index contributed by atoms with van der Waals surface area (Å²) in [5.74, 6) is 0.620. The molecule has 0 saturated heterocycles. The van der Waals surface area contributed by atoms with E-state index in [1.54, 1.807) is 0 Å². The Kier molecular flexibility index (Phi) is 4.04. The first kappa shape index (κ1) is 10.8. The van der Waals surface area contributed by atoms with Crippen LogP contribution >= 0.6 is 11.6 Å². The maximum atomic E-state index is 11.2. The Hall–Kier alpha value is -0.240. The lowest BCUT2D eigenvalue weighted by Crippen LogP contribution is -2.39. The predicted octanol–water partition coefficient (Wildman–Crippen LogP) is 3.25. The Bertz CT molecular complexity index is 184. The third kappa shape index (κ3) is 2.60. The number of hydrogen-bond acceptors (Lipinski definition) is 1. The fraction of sp³-hybridized carbons (Fsp3) is 0.900. The molecule has 13 heavy (non-hydrogen) atoms. The molecule has 0 radical (unpaired) electrons. The van der Waals surface area contributed by atoms with E-state index < -0.39 is 0 Å². The molecule has 0 aromatic heterocycles. The van der Waals surface area contributed by atoms with Gasteiger partial charge in [0.05, 0.1) is 0 Å². The molecule has 0 bridgehead atoms. The molecular formula is C10H18ClNO. The van der Waals surface area contributed by atoms with Gasteiger partial charge in [0, 0.05) is 12.6 Å². The van der Waals surface area contributed by atoms with Crippen molar-refractivity contribution < 1.29 is 4.79 Å². The first-order valence-corrected chi connectivity index (χ1v) is 5.50. The Labute approximate surface area is 85.2 Å². The lowest BCUT2D eigenvalue weighted by molar-refractivity contribution is 0.183. The fourth-order valence-electron chi connectivity index (χ4n) is 2.21. The maximum absolute atomic E-state index is 11.2. The van der Waals surface area contributed by atoms with E-state index in [1.807, 2.05) is 4.90 Å². The molecule has 0 aromatic rings. The van der Waals surface area contributed by atoms with Crippen LogP contribution in [0.25, 0.3) is 0 Å². The zero-order chi connectivity index (χ0) is 9.84. The highest BCUT2D eigenvalue weighted by atomic mass is 35.5. The molecule has 76 valence electrons. The van der Waals surface area contributed by atoms with E-state index in [1.165, 1.54) is 12.8 Å². The van der Waals surface area contributed by atoms with Gasteiger partial charge >= 0.3 is 5.37 Å². The fourth-order valence-corrected chi connectivity index (χ4v) is 2.42. The van der Waals surface area contributed by atoms with Gasteiger partial charge in [0.15, 0.2) is 0 Å². The second-order valence-corrected chi connectivity index (χ2v) is 4.25. The predicted molar refractivity (Wildman–Crippen MR) is 55.0 cm³/mol. The van der Waals surface area contributed by atoms with Gasteiger partial charge in [-0.15, -0.1) is 0 Å². The van der Waals surface area contributed by atoms with Crippen molar-refractivity contribution in [2.24, 2.45) is 5.92 Å². The van der Waals surface area contributed by atoms with Crippen LogP contribution in [0.4, 0.5) is 4.79 Å². The average Bonchev–Trinajstić information content (AvgIpc) is 2.47. The van der Waals surface area contributed by atoms with E-state index in [2.05, 4.69) is 13.8 Å². The van der Waals surface area contributed by atoms with Gasteiger partial charge in [-0.3, -0.25) is 4.79 Å². The third-order valence-electron chi connectivity index (χ3n) is 2.91. The Morgan fingerprint density at radius 1 is 1.54 bits per heavy atom. The quantitative estimate of drug-likeness (QED) is 0.510. The van der Waals surface area contributed by atoms with E-state index in [-0.39, 0.29) is 5.37 Å². The summed E-state index contributed by atoms with van der Waals surface area (Å²) in [6, 6.07) is 0.393. The minimum Gasteiger partial charge on any atom is -0.326 e. The third-order valence-corrected chi connectivity index (χ3v) is 3.12. The van der Waals surface area contributed by atoms with Crippen LogP contribution in [-0.4, -0.2) is 22.9 Å². The number of rotatable bonds is 3. The van der Waals surface area contributed by atoms with E-state index in [0.717, 1.165) is 19.4 Å². The normalized spacial score (nSPS) is 27.6. The van der Waals surface area contributed by atoms with Crippen molar-refractivity contribution in [1.82, 2.24) is 4.90 Å². The summed E-state index contributed by atoms with van der Waals surface area (Å²) in [6.45, 7) is 5.09. The molecule has 1 rings (SSSR count). The molecule has 0 N–H and O–H groups in total. The maximum Gasteiger partial charge on any atom is 0.316 e. The zero-order valence-corrected chi connectivity index (χ0v) is 9.18. The molecule has 0 heterocycles. The summed E-state index contributed by atoms with van der Waals surface area (Å²) in [4.78, 5) is 13.0. The van der Waals surface area contributed by atoms with Crippen LogP contribution in [0.5, 0.6) is 0 Å². The van der Waals surface area contributed by atoms with Gasteiger partial charge in [-0.25, -0.2) is 0 Å². The molecule has 3 heteroatoms. The summed E-state index contributed by atoms with van der Waals surface area (Å²) in [5, 5.41) is -0.277. The van der Waals surface area contributed by atoms with Crippen LogP contribution in [0.3, 0.4) is 0 Å². The molecule has 1 aliphatic rings. The van der Waals surface area contributed by atoms with Crippen LogP contribution in [-0.2, 0) is 0 Å². The van der Waals surface area contributed by atoms with Gasteiger partial charge in [-0.2, -0.15) is 0 Å². The van der Waals surface area contributed by atoms with Crippen LogP contribution in [0.1, 0.15) is 39.5 Å². The van der Waals surface area contributed by atoms with Crippen LogP contribution in [0, 0.1) is 5.92 Å². The molecule has 0 aliphatic heterocycles. The van der Waals surface area contributed by atoms with Crippen molar-refractivity contribution in [3.05, 3.63) is 0 Å². The molecule has 2 unspecified atom stereocenters. The molecule has 1 amide bonds. The van der Waals surface area contributed by atoms with Crippen molar-refractivity contribution in [2.45, 2.75) is 45.6 Å². The second-order valence-electron chi connectivity index (χ2n) is 3.92. The molecule has 2 nitrogen and oxygen atoms in total. The lowest BCUT2D eigenvalue weighted by atomic mass is 10.1. The number of carbonyl (C=O) groups excluding carboxylic acids is 1. The highest BCUT2D eigenvalue weighted by molar-refractivity contribution is 6.62. The number of amides is 1. The van der Waals surface area contributed by atoms with E-state index in [9.17, 15) is 4.79 Å². The van der Waals surface area contributed by atoms with Crippen LogP contribution in [0.15, 0.2) is 0 Å². The van der Waals surface area contributed by atoms with E-state index in [0.29, 0.717) is 12.0 Å². The van der Waals surface area contributed by atoms with Crippen molar-refractivity contribution in [1.29, 1.82) is 0 Å². The topological polar surface area (TPSA) is 20.3 Å². The smallest absolute Gasteiger partial charge is 0.316 e. The standard InChI is InChI=1S/C10H18ClNO/c1-3-7-12(10(11)13)9-6-4-5-8(9)2/h8-9H,3-7H2,1-2H3. The summed E-state index contributed by atoms with van der Waals surface area (Å²) < 4.78 is 0. The second kappa shape index (κ2) is 4.85. The summed E-state index contributed by atoms with van der Waals surface area (Å²) in [5.41, 5.74) is 0. The van der Waals surface area contributed by atoms with Gasteiger partial charge in [0.1, 0.15) is 0 Å². The van der Waals surface area contributed by atoms with E-state index in [4.69, 9.17) is 11.6 Å². The molecule has 0 spiro atoms. The molecule has 1 aliphatic carbocycles. The van der Waals surface area contributed by atoms with Crippen LogP contribution in [0.2, 0.25) is 0 Å². The first-order chi connectivity index (χ1) is 6.16. The van der Waals surface area contributed by atoms with Gasteiger partial charge < -0.3 is 4.90 Å². The molecule has 1 fully saturated rings. The van der Waals surface area contributed by atoms with Gasteiger partial charge in [-0.1, -0.05) is 20.3 Å². The average molecular weight is 204 g/mol. The van der Waals surface area contributed by atoms with Gasteiger partial charge in [-0.05, 0) is 36.8 Å². The van der Waals surface area contributed by atoms with Crippen molar-refractivity contribution in [3.63, 3.8) is 0 Å². The number of carbonyl (C=O) groups is 1. The largest absolute Gasteiger partial charge is 0.326 e. The molecule has 0 aromatic carbocycles. The highest BCUT2D eigenvalue weighted by Gasteiger charge is 2.30. The molecule has 1 saturated carbocycles. The summed E-state index contributed by atoms with van der Waals surface area (Å²) >= 11 is 5.55. The first-order valence-electron chi connectivity index (χ1n) is 5.13. The monoisotopic (exact) mass is 203 g/mol.